The van der Waals surface area contributed by atoms with Gasteiger partial charge in [0.05, 0.1) is 11.0 Å². The first-order chi connectivity index (χ1) is 7.58. The molecule has 0 saturated heterocycles. The van der Waals surface area contributed by atoms with Gasteiger partial charge in [0.2, 0.25) is 0 Å². The minimum atomic E-state index is -0.796. The van der Waals surface area contributed by atoms with E-state index in [2.05, 4.69) is 20.9 Å². The molecule has 1 aromatic carbocycles. The molecule has 0 amide bonds. The van der Waals surface area contributed by atoms with Gasteiger partial charge in [-0.15, -0.1) is 0 Å². The summed E-state index contributed by atoms with van der Waals surface area (Å²) in [5.74, 6) is 0.622. The summed E-state index contributed by atoms with van der Waals surface area (Å²) < 4.78 is 14.8. The van der Waals surface area contributed by atoms with Crippen molar-refractivity contribution in [3.05, 3.63) is 27.4 Å². The zero-order valence-corrected chi connectivity index (χ0v) is 11.9. The number of aromatic nitrogens is 2. The molecule has 2 aromatic rings. The lowest BCUT2D eigenvalue weighted by molar-refractivity contribution is 0.678. The maximum atomic E-state index is 11.1. The van der Waals surface area contributed by atoms with Crippen LogP contribution in [0.25, 0.3) is 11.0 Å². The molecule has 0 aliphatic carbocycles. The first-order valence-corrected chi connectivity index (χ1v) is 7.69. The third-order valence-corrected chi connectivity index (χ3v) is 3.91. The average molecular weight is 319 g/mol. The predicted molar refractivity (Wildman–Crippen MR) is 73.8 cm³/mol. The standard InChI is InChI=1S/C10H11BrN2OS2/c1-16(14)5-4-13-9-3-2-7(11)6-8(9)12-10(13)15/h2-3,6H,4-5H2,1H3,(H,12,15). The van der Waals surface area contributed by atoms with Crippen LogP contribution in [0, 0.1) is 4.77 Å². The molecule has 0 fully saturated rings. The molecule has 6 heteroatoms. The van der Waals surface area contributed by atoms with E-state index in [4.69, 9.17) is 12.2 Å². The van der Waals surface area contributed by atoms with Gasteiger partial charge < -0.3 is 9.55 Å². The molecule has 1 atom stereocenters. The van der Waals surface area contributed by atoms with Crippen LogP contribution in [0.1, 0.15) is 0 Å². The summed E-state index contributed by atoms with van der Waals surface area (Å²) in [4.78, 5) is 3.14. The van der Waals surface area contributed by atoms with Crippen molar-refractivity contribution >= 4 is 50.0 Å². The summed E-state index contributed by atoms with van der Waals surface area (Å²) in [6.07, 6.45) is 1.70. The van der Waals surface area contributed by atoms with E-state index in [0.717, 1.165) is 15.5 Å². The molecule has 0 spiro atoms. The van der Waals surface area contributed by atoms with Crippen LogP contribution in [0.4, 0.5) is 0 Å². The van der Waals surface area contributed by atoms with Crippen LogP contribution in [0.2, 0.25) is 0 Å². The quantitative estimate of drug-likeness (QED) is 0.884. The maximum Gasteiger partial charge on any atom is 0.178 e. The van der Waals surface area contributed by atoms with Crippen LogP contribution >= 0.6 is 28.1 Å². The third kappa shape index (κ3) is 2.44. The monoisotopic (exact) mass is 318 g/mol. The first kappa shape index (κ1) is 12.0. The number of imidazole rings is 1. The van der Waals surface area contributed by atoms with E-state index < -0.39 is 10.8 Å². The summed E-state index contributed by atoms with van der Waals surface area (Å²) in [7, 11) is -0.796. The van der Waals surface area contributed by atoms with Crippen LogP contribution in [-0.4, -0.2) is 25.8 Å². The molecular weight excluding hydrogens is 308 g/mol. The second-order valence-corrected chi connectivity index (χ2v) is 6.38. The lowest BCUT2D eigenvalue weighted by Crippen LogP contribution is -2.06. The number of rotatable bonds is 3. The van der Waals surface area contributed by atoms with Crippen LogP contribution < -0.4 is 0 Å². The topological polar surface area (TPSA) is 37.8 Å². The minimum Gasteiger partial charge on any atom is -0.331 e. The number of H-pyrrole nitrogens is 1. The maximum absolute atomic E-state index is 11.1. The van der Waals surface area contributed by atoms with E-state index in [-0.39, 0.29) is 0 Å². The number of aromatic amines is 1. The van der Waals surface area contributed by atoms with Crippen molar-refractivity contribution in [2.24, 2.45) is 0 Å². The summed E-state index contributed by atoms with van der Waals surface area (Å²) in [6.45, 7) is 0.684. The van der Waals surface area contributed by atoms with Gasteiger partial charge in [-0.2, -0.15) is 0 Å². The molecule has 0 aliphatic heterocycles. The molecule has 0 aliphatic rings. The molecule has 1 unspecified atom stereocenters. The van der Waals surface area contributed by atoms with Gasteiger partial charge in [-0.1, -0.05) is 15.9 Å². The molecule has 1 aromatic heterocycles. The number of hydrogen-bond donors (Lipinski definition) is 1. The normalized spacial score (nSPS) is 13.1. The Hall–Kier alpha value is -0.460. The third-order valence-electron chi connectivity index (χ3n) is 2.34. The summed E-state index contributed by atoms with van der Waals surface area (Å²) in [6, 6.07) is 5.97. The Morgan fingerprint density at radius 1 is 1.56 bits per heavy atom. The van der Waals surface area contributed by atoms with Gasteiger partial charge in [0.1, 0.15) is 0 Å². The molecule has 0 bridgehead atoms. The number of aryl methyl sites for hydroxylation is 1. The fourth-order valence-electron chi connectivity index (χ4n) is 1.58. The number of benzene rings is 1. The Labute approximate surface area is 109 Å². The van der Waals surface area contributed by atoms with Gasteiger partial charge in [0, 0.05) is 33.8 Å². The second kappa shape index (κ2) is 4.81. The van der Waals surface area contributed by atoms with Crippen LogP contribution in [0.5, 0.6) is 0 Å². The molecule has 0 radical (unpaired) electrons. The van der Waals surface area contributed by atoms with Gasteiger partial charge in [-0.05, 0) is 30.4 Å². The number of nitrogens with zero attached hydrogens (tertiary/aromatic N) is 1. The second-order valence-electron chi connectivity index (χ2n) is 3.52. The van der Waals surface area contributed by atoms with Crippen molar-refractivity contribution in [3.8, 4) is 0 Å². The largest absolute Gasteiger partial charge is 0.331 e. The molecule has 1 N–H and O–H groups in total. The van der Waals surface area contributed by atoms with Crippen molar-refractivity contribution in [1.82, 2.24) is 9.55 Å². The lowest BCUT2D eigenvalue weighted by Gasteiger charge is -2.02. The fourth-order valence-corrected chi connectivity index (χ4v) is 2.68. The van der Waals surface area contributed by atoms with E-state index in [1.165, 1.54) is 0 Å². The number of fused-ring (bicyclic) bond motifs is 1. The summed E-state index contributed by atoms with van der Waals surface area (Å²) in [5.41, 5.74) is 2.06. The van der Waals surface area contributed by atoms with Gasteiger partial charge in [-0.3, -0.25) is 4.21 Å². The Bertz CT molecular complexity index is 602. The first-order valence-electron chi connectivity index (χ1n) is 4.76. The molecule has 2 rings (SSSR count). The average Bonchev–Trinajstić information content (AvgIpc) is 2.50. The number of hydrogen-bond acceptors (Lipinski definition) is 2. The van der Waals surface area contributed by atoms with Gasteiger partial charge >= 0.3 is 0 Å². The highest BCUT2D eigenvalue weighted by atomic mass is 79.9. The molecule has 1 heterocycles. The molecule has 16 heavy (non-hydrogen) atoms. The van der Waals surface area contributed by atoms with Gasteiger partial charge in [-0.25, -0.2) is 0 Å². The highest BCUT2D eigenvalue weighted by Gasteiger charge is 2.04. The van der Waals surface area contributed by atoms with E-state index in [0.29, 0.717) is 17.1 Å². The van der Waals surface area contributed by atoms with Crippen LogP contribution in [-0.2, 0) is 17.3 Å². The van der Waals surface area contributed by atoms with E-state index >= 15 is 0 Å². The van der Waals surface area contributed by atoms with Gasteiger partial charge in [0.25, 0.3) is 0 Å². The number of halogens is 1. The number of nitrogens with one attached hydrogen (secondary N) is 1. The highest BCUT2D eigenvalue weighted by molar-refractivity contribution is 9.10. The molecule has 0 saturated carbocycles. The van der Waals surface area contributed by atoms with Crippen molar-refractivity contribution in [2.45, 2.75) is 6.54 Å². The summed E-state index contributed by atoms with van der Waals surface area (Å²) in [5, 5.41) is 0. The summed E-state index contributed by atoms with van der Waals surface area (Å²) >= 11 is 8.66. The van der Waals surface area contributed by atoms with Crippen molar-refractivity contribution < 1.29 is 4.21 Å². The zero-order chi connectivity index (χ0) is 11.7. The highest BCUT2D eigenvalue weighted by Crippen LogP contribution is 2.19. The minimum absolute atomic E-state index is 0.622. The molecule has 3 nitrogen and oxygen atoms in total. The van der Waals surface area contributed by atoms with E-state index in [1.807, 2.05) is 22.8 Å². The van der Waals surface area contributed by atoms with Crippen molar-refractivity contribution in [2.75, 3.05) is 12.0 Å². The van der Waals surface area contributed by atoms with Crippen LogP contribution in [0.15, 0.2) is 22.7 Å². The SMILES string of the molecule is CS(=O)CCn1c(=S)[nH]c2cc(Br)ccc21. The van der Waals surface area contributed by atoms with Crippen molar-refractivity contribution in [3.63, 3.8) is 0 Å². The van der Waals surface area contributed by atoms with Gasteiger partial charge in [0.15, 0.2) is 4.77 Å². The Morgan fingerprint density at radius 3 is 3.00 bits per heavy atom. The smallest absolute Gasteiger partial charge is 0.178 e. The Balaban J connectivity index is 2.48. The molecule has 86 valence electrons. The van der Waals surface area contributed by atoms with Crippen LogP contribution in [0.3, 0.4) is 0 Å². The van der Waals surface area contributed by atoms with E-state index in [1.54, 1.807) is 6.26 Å². The Kier molecular flexibility index (Phi) is 3.61. The van der Waals surface area contributed by atoms with Crippen molar-refractivity contribution in [1.29, 1.82) is 0 Å². The fraction of sp³-hybridized carbons (Fsp3) is 0.300. The Morgan fingerprint density at radius 2 is 2.31 bits per heavy atom. The lowest BCUT2D eigenvalue weighted by atomic mass is 10.3. The predicted octanol–water partition coefficient (Wildman–Crippen LogP) is 2.84. The van der Waals surface area contributed by atoms with E-state index in [9.17, 15) is 4.21 Å². The zero-order valence-electron chi connectivity index (χ0n) is 8.70. The molecular formula is C10H11BrN2OS2.